The number of sulfonamides is 1. The fraction of sp³-hybridized carbons (Fsp3) is 0.417. The largest absolute Gasteiger partial charge is 0.459 e. The van der Waals surface area contributed by atoms with Gasteiger partial charge in [-0.1, -0.05) is 13.0 Å². The summed E-state index contributed by atoms with van der Waals surface area (Å²) in [5.41, 5.74) is 0.683. The Morgan fingerprint density at radius 2 is 2.06 bits per heavy atom. The summed E-state index contributed by atoms with van der Waals surface area (Å²) in [5, 5.41) is 5.07. The van der Waals surface area contributed by atoms with Gasteiger partial charge in [-0.3, -0.25) is 0 Å². The van der Waals surface area contributed by atoms with E-state index < -0.39 is 16.0 Å². The molecule has 0 amide bonds. The standard InChI is InChI=1S/C12H17NO4S/c1-4-9(3)17-12(14)10-6-5-8(2)11(7-10)18(13,15)16/h5-7,9H,4H2,1-3H3,(H2,13,15,16). The molecule has 0 spiro atoms. The van der Waals surface area contributed by atoms with Crippen LogP contribution in [0.1, 0.15) is 36.2 Å². The Morgan fingerprint density at radius 1 is 1.44 bits per heavy atom. The van der Waals surface area contributed by atoms with Crippen LogP contribution < -0.4 is 5.14 Å². The third kappa shape index (κ3) is 3.54. The minimum Gasteiger partial charge on any atom is -0.459 e. The van der Waals surface area contributed by atoms with E-state index in [4.69, 9.17) is 9.88 Å². The summed E-state index contributed by atoms with van der Waals surface area (Å²) in [6.45, 7) is 5.28. The molecule has 0 aliphatic rings. The van der Waals surface area contributed by atoms with Crippen LogP contribution in [0.4, 0.5) is 0 Å². The van der Waals surface area contributed by atoms with Gasteiger partial charge in [0.05, 0.1) is 16.6 Å². The predicted octanol–water partition coefficient (Wildman–Crippen LogP) is 1.60. The summed E-state index contributed by atoms with van der Waals surface area (Å²) < 4.78 is 27.8. The first-order chi connectivity index (χ1) is 8.25. The zero-order valence-corrected chi connectivity index (χ0v) is 11.5. The topological polar surface area (TPSA) is 86.5 Å². The van der Waals surface area contributed by atoms with Gasteiger partial charge in [0, 0.05) is 0 Å². The monoisotopic (exact) mass is 271 g/mol. The van der Waals surface area contributed by atoms with Crippen LogP contribution in [0.2, 0.25) is 0 Å². The molecular weight excluding hydrogens is 254 g/mol. The summed E-state index contributed by atoms with van der Waals surface area (Å²) in [4.78, 5) is 11.7. The van der Waals surface area contributed by atoms with Gasteiger partial charge < -0.3 is 4.74 Å². The van der Waals surface area contributed by atoms with E-state index in [-0.39, 0.29) is 16.6 Å². The SMILES string of the molecule is CCC(C)OC(=O)c1ccc(C)c(S(N)(=O)=O)c1. The Hall–Kier alpha value is -1.40. The number of carbonyl (C=O) groups is 1. The lowest BCUT2D eigenvalue weighted by molar-refractivity contribution is 0.0334. The molecule has 1 rings (SSSR count). The molecule has 1 unspecified atom stereocenters. The molecule has 18 heavy (non-hydrogen) atoms. The van der Waals surface area contributed by atoms with Crippen molar-refractivity contribution in [1.82, 2.24) is 0 Å². The van der Waals surface area contributed by atoms with Crippen molar-refractivity contribution in [3.8, 4) is 0 Å². The van der Waals surface area contributed by atoms with Crippen molar-refractivity contribution in [3.05, 3.63) is 29.3 Å². The molecule has 0 fully saturated rings. The second kappa shape index (κ2) is 5.49. The second-order valence-corrected chi connectivity index (χ2v) is 5.68. The molecule has 0 saturated carbocycles. The van der Waals surface area contributed by atoms with Crippen LogP contribution in [0.5, 0.6) is 0 Å². The molecule has 5 nitrogen and oxygen atoms in total. The van der Waals surface area contributed by atoms with Gasteiger partial charge in [-0.05, 0) is 38.0 Å². The van der Waals surface area contributed by atoms with Crippen molar-refractivity contribution in [2.24, 2.45) is 5.14 Å². The molecular formula is C12H17NO4S. The zero-order valence-electron chi connectivity index (χ0n) is 10.6. The first-order valence-corrected chi connectivity index (χ1v) is 7.14. The van der Waals surface area contributed by atoms with E-state index in [2.05, 4.69) is 0 Å². The molecule has 100 valence electrons. The van der Waals surface area contributed by atoms with Crippen molar-refractivity contribution in [2.45, 2.75) is 38.2 Å². The normalized spacial score (nSPS) is 13.1. The van der Waals surface area contributed by atoms with Crippen LogP contribution in [0.15, 0.2) is 23.1 Å². The van der Waals surface area contributed by atoms with Gasteiger partial charge in [0.1, 0.15) is 0 Å². The maximum absolute atomic E-state index is 11.7. The highest BCUT2D eigenvalue weighted by molar-refractivity contribution is 7.89. The van der Waals surface area contributed by atoms with E-state index in [0.717, 1.165) is 0 Å². The quantitative estimate of drug-likeness (QED) is 0.843. The molecule has 0 radical (unpaired) electrons. The second-order valence-electron chi connectivity index (χ2n) is 4.15. The van der Waals surface area contributed by atoms with Crippen LogP contribution in [-0.4, -0.2) is 20.5 Å². The number of carbonyl (C=O) groups excluding carboxylic acids is 1. The van der Waals surface area contributed by atoms with Gasteiger partial charge in [0.25, 0.3) is 0 Å². The van der Waals surface area contributed by atoms with E-state index in [0.29, 0.717) is 12.0 Å². The average Bonchev–Trinajstić information content (AvgIpc) is 2.27. The van der Waals surface area contributed by atoms with Gasteiger partial charge in [0.15, 0.2) is 0 Å². The number of nitrogens with two attached hydrogens (primary N) is 1. The molecule has 0 aromatic heterocycles. The third-order valence-electron chi connectivity index (χ3n) is 2.61. The molecule has 0 aliphatic carbocycles. The van der Waals surface area contributed by atoms with Crippen molar-refractivity contribution >= 4 is 16.0 Å². The van der Waals surface area contributed by atoms with Crippen molar-refractivity contribution < 1.29 is 17.9 Å². The summed E-state index contributed by atoms with van der Waals surface area (Å²) in [6, 6.07) is 4.30. The average molecular weight is 271 g/mol. The minimum atomic E-state index is -3.83. The van der Waals surface area contributed by atoms with Crippen LogP contribution in [0.25, 0.3) is 0 Å². The fourth-order valence-corrected chi connectivity index (χ4v) is 2.18. The fourth-order valence-electron chi connectivity index (χ4n) is 1.37. The van der Waals surface area contributed by atoms with Crippen LogP contribution in [-0.2, 0) is 14.8 Å². The van der Waals surface area contributed by atoms with E-state index in [1.807, 2.05) is 6.92 Å². The van der Waals surface area contributed by atoms with Crippen LogP contribution in [0.3, 0.4) is 0 Å². The van der Waals surface area contributed by atoms with E-state index in [9.17, 15) is 13.2 Å². The van der Waals surface area contributed by atoms with E-state index >= 15 is 0 Å². The van der Waals surface area contributed by atoms with Crippen molar-refractivity contribution in [1.29, 1.82) is 0 Å². The van der Waals surface area contributed by atoms with Gasteiger partial charge in [-0.15, -0.1) is 0 Å². The van der Waals surface area contributed by atoms with Crippen LogP contribution >= 0.6 is 0 Å². The molecule has 2 N–H and O–H groups in total. The third-order valence-corrected chi connectivity index (χ3v) is 3.67. The van der Waals surface area contributed by atoms with Gasteiger partial charge in [-0.25, -0.2) is 18.4 Å². The molecule has 1 atom stereocenters. The predicted molar refractivity (Wildman–Crippen MR) is 67.7 cm³/mol. The lowest BCUT2D eigenvalue weighted by atomic mass is 10.1. The first-order valence-electron chi connectivity index (χ1n) is 5.60. The van der Waals surface area contributed by atoms with Crippen LogP contribution in [0, 0.1) is 6.92 Å². The Balaban J connectivity index is 3.10. The maximum atomic E-state index is 11.7. The molecule has 0 heterocycles. The number of esters is 1. The number of aryl methyl sites for hydroxylation is 1. The highest BCUT2D eigenvalue weighted by Gasteiger charge is 2.17. The minimum absolute atomic E-state index is 0.0545. The molecule has 0 bridgehead atoms. The smallest absolute Gasteiger partial charge is 0.338 e. The summed E-state index contributed by atoms with van der Waals surface area (Å²) >= 11 is 0. The Labute approximate surface area is 107 Å². The number of ether oxygens (including phenoxy) is 1. The summed E-state index contributed by atoms with van der Waals surface area (Å²) in [5.74, 6) is -0.547. The Bertz CT molecular complexity index is 551. The molecule has 1 aromatic rings. The van der Waals surface area contributed by atoms with Gasteiger partial charge >= 0.3 is 5.97 Å². The summed E-state index contributed by atoms with van der Waals surface area (Å²) in [7, 11) is -3.83. The first kappa shape index (κ1) is 14.7. The van der Waals surface area contributed by atoms with Crippen molar-refractivity contribution in [2.75, 3.05) is 0 Å². The lowest BCUT2D eigenvalue weighted by Gasteiger charge is -2.11. The number of primary sulfonamides is 1. The van der Waals surface area contributed by atoms with Gasteiger partial charge in [-0.2, -0.15) is 0 Å². The molecule has 0 aliphatic heterocycles. The van der Waals surface area contributed by atoms with Gasteiger partial charge in [0.2, 0.25) is 10.0 Å². The lowest BCUT2D eigenvalue weighted by Crippen LogP contribution is -2.17. The van der Waals surface area contributed by atoms with Crippen molar-refractivity contribution in [3.63, 3.8) is 0 Å². The maximum Gasteiger partial charge on any atom is 0.338 e. The van der Waals surface area contributed by atoms with E-state index in [1.54, 1.807) is 13.8 Å². The molecule has 6 heteroatoms. The Kier molecular flexibility index (Phi) is 4.48. The zero-order chi connectivity index (χ0) is 13.9. The number of hydrogen-bond donors (Lipinski definition) is 1. The highest BCUT2D eigenvalue weighted by Crippen LogP contribution is 2.17. The Morgan fingerprint density at radius 3 is 2.56 bits per heavy atom. The number of hydrogen-bond acceptors (Lipinski definition) is 4. The number of benzene rings is 1. The molecule has 0 saturated heterocycles. The molecule has 1 aromatic carbocycles. The number of rotatable bonds is 4. The highest BCUT2D eigenvalue weighted by atomic mass is 32.2. The van der Waals surface area contributed by atoms with E-state index in [1.165, 1.54) is 18.2 Å². The summed E-state index contributed by atoms with van der Waals surface area (Å²) in [6.07, 6.45) is 0.483.